The number of nitrogens with two attached hydrogens (primary N) is 1. The van der Waals surface area contributed by atoms with Crippen LogP contribution in [0.2, 0.25) is 0 Å². The molecule has 3 atom stereocenters. The fourth-order valence-corrected chi connectivity index (χ4v) is 3.34. The van der Waals surface area contributed by atoms with Gasteiger partial charge in [-0.1, -0.05) is 49.9 Å². The normalized spacial score (nSPS) is 24.6. The van der Waals surface area contributed by atoms with Gasteiger partial charge in [0.05, 0.1) is 18.8 Å². The molecule has 2 N–H and O–H groups in total. The average Bonchev–Trinajstić information content (AvgIpc) is 2.45. The van der Waals surface area contributed by atoms with E-state index in [0.29, 0.717) is 12.7 Å². The van der Waals surface area contributed by atoms with E-state index in [9.17, 15) is 0 Å². The molecule has 0 spiro atoms. The lowest BCUT2D eigenvalue weighted by Gasteiger charge is -2.29. The Morgan fingerprint density at radius 1 is 1.30 bits per heavy atom. The topological polar surface area (TPSA) is 35.2 Å². The Kier molecular flexibility index (Phi) is 5.62. The second-order valence-electron chi connectivity index (χ2n) is 6.36. The summed E-state index contributed by atoms with van der Waals surface area (Å²) in [6.45, 7) is 7.18. The first-order valence-corrected chi connectivity index (χ1v) is 8.04. The van der Waals surface area contributed by atoms with Crippen LogP contribution in [0.25, 0.3) is 0 Å². The molecule has 1 aromatic rings. The zero-order valence-electron chi connectivity index (χ0n) is 13.2. The maximum Gasteiger partial charge on any atom is 0.0663 e. The number of benzene rings is 1. The van der Waals surface area contributed by atoms with Gasteiger partial charge in [0.2, 0.25) is 0 Å². The molecule has 112 valence electrons. The minimum Gasteiger partial charge on any atom is -0.376 e. The molecule has 1 aliphatic rings. The third-order valence-electron chi connectivity index (χ3n) is 4.65. The number of hydrogen-bond acceptors (Lipinski definition) is 2. The van der Waals surface area contributed by atoms with Crippen LogP contribution < -0.4 is 5.73 Å². The summed E-state index contributed by atoms with van der Waals surface area (Å²) >= 11 is 0. The zero-order chi connectivity index (χ0) is 14.5. The predicted molar refractivity (Wildman–Crippen MR) is 84.8 cm³/mol. The Bertz CT molecular complexity index is 429. The Labute approximate surface area is 123 Å². The van der Waals surface area contributed by atoms with Crippen molar-refractivity contribution in [3.05, 3.63) is 34.9 Å². The Hall–Kier alpha value is -0.860. The van der Waals surface area contributed by atoms with E-state index in [1.54, 1.807) is 0 Å². The van der Waals surface area contributed by atoms with Crippen molar-refractivity contribution in [2.45, 2.75) is 65.0 Å². The molecule has 1 fully saturated rings. The van der Waals surface area contributed by atoms with E-state index in [1.165, 1.54) is 48.8 Å². The fraction of sp³-hybridized carbons (Fsp3) is 0.667. The lowest BCUT2D eigenvalue weighted by atomic mass is 9.85. The summed E-state index contributed by atoms with van der Waals surface area (Å²) in [6.07, 6.45) is 6.81. The summed E-state index contributed by atoms with van der Waals surface area (Å²) in [4.78, 5) is 0. The first-order chi connectivity index (χ1) is 9.60. The zero-order valence-corrected chi connectivity index (χ0v) is 13.2. The summed E-state index contributed by atoms with van der Waals surface area (Å²) in [6, 6.07) is 6.48. The Morgan fingerprint density at radius 3 is 2.80 bits per heavy atom. The van der Waals surface area contributed by atoms with Crippen molar-refractivity contribution in [2.24, 2.45) is 11.7 Å². The van der Waals surface area contributed by atoms with E-state index in [-0.39, 0.29) is 6.04 Å². The number of aryl methyl sites for hydroxylation is 2. The highest BCUT2D eigenvalue weighted by Crippen LogP contribution is 2.29. The van der Waals surface area contributed by atoms with Crippen LogP contribution >= 0.6 is 0 Å². The highest BCUT2D eigenvalue weighted by Gasteiger charge is 2.22. The lowest BCUT2D eigenvalue weighted by Crippen LogP contribution is -2.27. The van der Waals surface area contributed by atoms with Crippen LogP contribution in [0, 0.1) is 19.8 Å². The summed E-state index contributed by atoms with van der Waals surface area (Å²) < 4.78 is 6.09. The fourth-order valence-electron chi connectivity index (χ4n) is 3.34. The summed E-state index contributed by atoms with van der Waals surface area (Å²) in [5, 5.41) is 0. The molecule has 0 bridgehead atoms. The summed E-state index contributed by atoms with van der Waals surface area (Å²) in [7, 11) is 0. The second kappa shape index (κ2) is 7.24. The van der Waals surface area contributed by atoms with E-state index in [2.05, 4.69) is 39.0 Å². The van der Waals surface area contributed by atoms with Gasteiger partial charge in [0, 0.05) is 0 Å². The summed E-state index contributed by atoms with van der Waals surface area (Å²) in [5.74, 6) is 0.853. The van der Waals surface area contributed by atoms with Gasteiger partial charge in [0.25, 0.3) is 0 Å². The first kappa shape index (κ1) is 15.5. The van der Waals surface area contributed by atoms with E-state index in [1.807, 2.05) is 0 Å². The third-order valence-corrected chi connectivity index (χ3v) is 4.65. The van der Waals surface area contributed by atoms with Crippen LogP contribution in [-0.2, 0) is 4.74 Å². The van der Waals surface area contributed by atoms with Crippen LogP contribution in [0.15, 0.2) is 18.2 Å². The highest BCUT2D eigenvalue weighted by atomic mass is 16.5. The maximum absolute atomic E-state index is 6.31. The van der Waals surface area contributed by atoms with Gasteiger partial charge >= 0.3 is 0 Å². The molecule has 0 radical (unpaired) electrons. The Morgan fingerprint density at radius 2 is 2.10 bits per heavy atom. The minimum absolute atomic E-state index is 0.00222. The molecule has 0 saturated heterocycles. The third kappa shape index (κ3) is 4.07. The van der Waals surface area contributed by atoms with Gasteiger partial charge in [-0.3, -0.25) is 0 Å². The molecular weight excluding hydrogens is 246 g/mol. The molecule has 20 heavy (non-hydrogen) atoms. The SMILES string of the molecule is CCC1CCCC(OCC(N)c2ccc(C)cc2C)C1. The van der Waals surface area contributed by atoms with Gasteiger partial charge in [-0.2, -0.15) is 0 Å². The molecule has 0 aromatic heterocycles. The molecule has 3 unspecified atom stereocenters. The molecule has 2 rings (SSSR count). The smallest absolute Gasteiger partial charge is 0.0663 e. The van der Waals surface area contributed by atoms with Crippen molar-refractivity contribution < 1.29 is 4.74 Å². The highest BCUT2D eigenvalue weighted by molar-refractivity contribution is 5.32. The average molecular weight is 275 g/mol. The Balaban J connectivity index is 1.86. The largest absolute Gasteiger partial charge is 0.376 e. The van der Waals surface area contributed by atoms with Crippen molar-refractivity contribution >= 4 is 0 Å². The minimum atomic E-state index is -0.00222. The van der Waals surface area contributed by atoms with Gasteiger partial charge < -0.3 is 10.5 Å². The predicted octanol–water partition coefficient (Wildman–Crippen LogP) is 4.29. The van der Waals surface area contributed by atoms with E-state index in [4.69, 9.17) is 10.5 Å². The van der Waals surface area contributed by atoms with Crippen molar-refractivity contribution in [3.8, 4) is 0 Å². The molecule has 0 amide bonds. The van der Waals surface area contributed by atoms with Gasteiger partial charge in [-0.25, -0.2) is 0 Å². The molecular formula is C18H29NO. The standard InChI is InChI=1S/C18H29NO/c1-4-15-6-5-7-16(11-15)20-12-18(19)17-9-8-13(2)10-14(17)3/h8-10,15-16,18H,4-7,11-12,19H2,1-3H3. The molecule has 2 heteroatoms. The first-order valence-electron chi connectivity index (χ1n) is 8.04. The van der Waals surface area contributed by atoms with Gasteiger partial charge in [0.1, 0.15) is 0 Å². The number of ether oxygens (including phenoxy) is 1. The monoisotopic (exact) mass is 275 g/mol. The van der Waals surface area contributed by atoms with E-state index < -0.39 is 0 Å². The van der Waals surface area contributed by atoms with Gasteiger partial charge in [0.15, 0.2) is 0 Å². The van der Waals surface area contributed by atoms with Gasteiger partial charge in [-0.15, -0.1) is 0 Å². The van der Waals surface area contributed by atoms with E-state index >= 15 is 0 Å². The number of hydrogen-bond donors (Lipinski definition) is 1. The van der Waals surface area contributed by atoms with Crippen LogP contribution in [0.5, 0.6) is 0 Å². The lowest BCUT2D eigenvalue weighted by molar-refractivity contribution is 0.00555. The van der Waals surface area contributed by atoms with Crippen molar-refractivity contribution in [3.63, 3.8) is 0 Å². The quantitative estimate of drug-likeness (QED) is 0.870. The second-order valence-corrected chi connectivity index (χ2v) is 6.36. The molecule has 1 aliphatic carbocycles. The maximum atomic E-state index is 6.31. The molecule has 0 aliphatic heterocycles. The molecule has 2 nitrogen and oxygen atoms in total. The molecule has 0 heterocycles. The molecule has 1 saturated carbocycles. The number of rotatable bonds is 5. The van der Waals surface area contributed by atoms with Crippen LogP contribution in [0.4, 0.5) is 0 Å². The van der Waals surface area contributed by atoms with Crippen molar-refractivity contribution in [1.29, 1.82) is 0 Å². The van der Waals surface area contributed by atoms with Crippen LogP contribution in [0.1, 0.15) is 61.8 Å². The van der Waals surface area contributed by atoms with Gasteiger partial charge in [-0.05, 0) is 43.7 Å². The van der Waals surface area contributed by atoms with Crippen molar-refractivity contribution in [1.82, 2.24) is 0 Å². The van der Waals surface area contributed by atoms with E-state index in [0.717, 1.165) is 5.92 Å². The van der Waals surface area contributed by atoms with Crippen LogP contribution in [0.3, 0.4) is 0 Å². The molecule has 1 aromatic carbocycles. The van der Waals surface area contributed by atoms with Crippen LogP contribution in [-0.4, -0.2) is 12.7 Å². The summed E-state index contributed by atoms with van der Waals surface area (Å²) in [5.41, 5.74) is 10.1. The van der Waals surface area contributed by atoms with Crippen molar-refractivity contribution in [2.75, 3.05) is 6.61 Å².